The average Bonchev–Trinajstić information content (AvgIpc) is 2.79. The molecule has 0 saturated carbocycles. The summed E-state index contributed by atoms with van der Waals surface area (Å²) in [7, 11) is 5.64. The Morgan fingerprint density at radius 1 is 0.767 bits per heavy atom. The molecule has 0 fully saturated rings. The quantitative estimate of drug-likeness (QED) is 0.381. The highest BCUT2D eigenvalue weighted by Gasteiger charge is 2.55. The maximum atomic E-state index is 12.6. The summed E-state index contributed by atoms with van der Waals surface area (Å²) < 4.78 is 23.9. The molecule has 0 radical (unpaired) electrons. The summed E-state index contributed by atoms with van der Waals surface area (Å²) >= 11 is 0. The lowest BCUT2D eigenvalue weighted by atomic mass is 9.66. The molecule has 0 amide bonds. The third-order valence-electron chi connectivity index (χ3n) is 5.15. The fourth-order valence-electron chi connectivity index (χ4n) is 3.69. The maximum absolute atomic E-state index is 12.6. The van der Waals surface area contributed by atoms with Crippen LogP contribution >= 0.6 is 0 Å². The molecule has 0 saturated heterocycles. The zero-order valence-corrected chi connectivity index (χ0v) is 17.2. The molecule has 0 aliphatic heterocycles. The molecular formula is C20H22O10. The highest BCUT2D eigenvalue weighted by Crippen LogP contribution is 2.45. The van der Waals surface area contributed by atoms with Crippen LogP contribution in [0, 0.1) is 5.41 Å². The van der Waals surface area contributed by atoms with Crippen LogP contribution in [0.15, 0.2) is 12.1 Å². The number of esters is 5. The van der Waals surface area contributed by atoms with Crippen LogP contribution in [0.25, 0.3) is 0 Å². The van der Waals surface area contributed by atoms with Crippen molar-refractivity contribution in [2.24, 2.45) is 5.41 Å². The van der Waals surface area contributed by atoms with Crippen molar-refractivity contribution in [3.05, 3.63) is 34.4 Å². The molecule has 0 spiro atoms. The minimum atomic E-state index is -1.84. The summed E-state index contributed by atoms with van der Waals surface area (Å²) in [6.45, 7) is 0. The van der Waals surface area contributed by atoms with Gasteiger partial charge in [-0.3, -0.25) is 14.4 Å². The predicted molar refractivity (Wildman–Crippen MR) is 98.7 cm³/mol. The van der Waals surface area contributed by atoms with Gasteiger partial charge in [-0.15, -0.1) is 0 Å². The van der Waals surface area contributed by atoms with Gasteiger partial charge in [-0.25, -0.2) is 9.59 Å². The second kappa shape index (κ2) is 8.93. The van der Waals surface area contributed by atoms with E-state index in [0.717, 1.165) is 35.5 Å². The first-order chi connectivity index (χ1) is 14.2. The van der Waals surface area contributed by atoms with Crippen molar-refractivity contribution in [1.29, 1.82) is 0 Å². The first-order valence-corrected chi connectivity index (χ1v) is 8.78. The Morgan fingerprint density at radius 3 is 1.70 bits per heavy atom. The van der Waals surface area contributed by atoms with Gasteiger partial charge in [0.1, 0.15) is 0 Å². The molecule has 0 aromatic heterocycles. The molecule has 1 aromatic carbocycles. The largest absolute Gasteiger partial charge is 0.469 e. The van der Waals surface area contributed by atoms with Gasteiger partial charge in [0.25, 0.3) is 0 Å². The summed E-state index contributed by atoms with van der Waals surface area (Å²) in [5.74, 6) is -5.29. The Balaban J connectivity index is 2.83. The third-order valence-corrected chi connectivity index (χ3v) is 5.15. The van der Waals surface area contributed by atoms with Gasteiger partial charge in [0.05, 0.1) is 52.6 Å². The van der Waals surface area contributed by atoms with Crippen LogP contribution in [0.1, 0.15) is 44.2 Å². The van der Waals surface area contributed by atoms with Gasteiger partial charge >= 0.3 is 29.8 Å². The van der Waals surface area contributed by atoms with E-state index in [-0.39, 0.29) is 24.0 Å². The Hall–Kier alpha value is -3.43. The zero-order chi connectivity index (χ0) is 22.6. The fourth-order valence-corrected chi connectivity index (χ4v) is 3.69. The Labute approximate surface area is 172 Å². The molecule has 10 nitrogen and oxygen atoms in total. The molecule has 1 aromatic rings. The fraction of sp³-hybridized carbons (Fsp3) is 0.450. The van der Waals surface area contributed by atoms with Crippen LogP contribution in [0.2, 0.25) is 0 Å². The number of fused-ring (bicyclic) bond motifs is 1. The molecule has 1 atom stereocenters. The smallest absolute Gasteiger partial charge is 0.338 e. The van der Waals surface area contributed by atoms with E-state index in [1.54, 1.807) is 0 Å². The number of methoxy groups -OCH3 is 5. The first-order valence-electron chi connectivity index (χ1n) is 8.78. The highest BCUT2D eigenvalue weighted by molar-refractivity contribution is 6.05. The number of hydrogen-bond acceptors (Lipinski definition) is 10. The molecule has 1 aliphatic rings. The molecule has 2 rings (SSSR count). The van der Waals surface area contributed by atoms with E-state index in [1.807, 2.05) is 0 Å². The van der Waals surface area contributed by atoms with Crippen LogP contribution in [0.4, 0.5) is 0 Å². The average molecular weight is 422 g/mol. The summed E-state index contributed by atoms with van der Waals surface area (Å²) in [4.78, 5) is 62.2. The number of hydrogen-bond donors (Lipinski definition) is 0. The van der Waals surface area contributed by atoms with Crippen LogP contribution in [-0.2, 0) is 44.5 Å². The minimum Gasteiger partial charge on any atom is -0.469 e. The molecule has 0 heterocycles. The molecule has 0 bridgehead atoms. The lowest BCUT2D eigenvalue weighted by Gasteiger charge is -2.37. The Morgan fingerprint density at radius 2 is 1.27 bits per heavy atom. The molecule has 1 unspecified atom stereocenters. The summed E-state index contributed by atoms with van der Waals surface area (Å²) in [6.07, 6.45) is -0.523. The molecule has 10 heteroatoms. The van der Waals surface area contributed by atoms with Gasteiger partial charge in [0.15, 0.2) is 5.41 Å². The van der Waals surface area contributed by atoms with Gasteiger partial charge < -0.3 is 23.7 Å². The first kappa shape index (κ1) is 22.9. The van der Waals surface area contributed by atoms with Crippen molar-refractivity contribution in [1.82, 2.24) is 0 Å². The molecule has 30 heavy (non-hydrogen) atoms. The zero-order valence-electron chi connectivity index (χ0n) is 17.2. The van der Waals surface area contributed by atoms with Crippen molar-refractivity contribution >= 4 is 29.8 Å². The van der Waals surface area contributed by atoms with Gasteiger partial charge in [-0.05, 0) is 36.1 Å². The van der Waals surface area contributed by atoms with Crippen molar-refractivity contribution in [3.63, 3.8) is 0 Å². The molecule has 0 N–H and O–H groups in total. The molecule has 162 valence electrons. The van der Waals surface area contributed by atoms with Crippen molar-refractivity contribution in [3.8, 4) is 0 Å². The van der Waals surface area contributed by atoms with Crippen LogP contribution < -0.4 is 0 Å². The SMILES string of the molecule is COC(=O)c1cc2c(cc1C(=O)OC)C(C(=O)OC)CC(C(=O)OC)(C(=O)OC)C2. The third kappa shape index (κ3) is 3.72. The van der Waals surface area contributed by atoms with E-state index in [2.05, 4.69) is 0 Å². The lowest BCUT2D eigenvalue weighted by molar-refractivity contribution is -0.171. The topological polar surface area (TPSA) is 132 Å². The van der Waals surface area contributed by atoms with E-state index >= 15 is 0 Å². The number of ether oxygens (including phenoxy) is 5. The van der Waals surface area contributed by atoms with E-state index in [0.29, 0.717) is 11.1 Å². The van der Waals surface area contributed by atoms with Crippen LogP contribution in [0.3, 0.4) is 0 Å². The van der Waals surface area contributed by atoms with E-state index in [1.165, 1.54) is 12.1 Å². The van der Waals surface area contributed by atoms with Crippen molar-refractivity contribution < 1.29 is 47.7 Å². The Kier molecular flexibility index (Phi) is 6.81. The monoisotopic (exact) mass is 422 g/mol. The number of rotatable bonds is 5. The second-order valence-corrected chi connectivity index (χ2v) is 6.60. The summed E-state index contributed by atoms with van der Waals surface area (Å²) in [5, 5.41) is 0. The maximum Gasteiger partial charge on any atom is 0.338 e. The van der Waals surface area contributed by atoms with Crippen LogP contribution in [0.5, 0.6) is 0 Å². The van der Waals surface area contributed by atoms with Gasteiger partial charge in [0.2, 0.25) is 0 Å². The molecular weight excluding hydrogens is 400 g/mol. The number of carbonyl (C=O) groups is 5. The van der Waals surface area contributed by atoms with Gasteiger partial charge in [-0.1, -0.05) is 0 Å². The van der Waals surface area contributed by atoms with E-state index in [9.17, 15) is 24.0 Å². The Bertz CT molecular complexity index is 885. The van der Waals surface area contributed by atoms with Gasteiger partial charge in [-0.2, -0.15) is 0 Å². The number of benzene rings is 1. The highest BCUT2D eigenvalue weighted by atomic mass is 16.5. The summed E-state index contributed by atoms with van der Waals surface area (Å²) in [5.41, 5.74) is -1.49. The standard InChI is InChI=1S/C20H22O10/c1-26-15(21)12-6-10-8-20(18(24)29-4,19(25)30-5)9-14(17(23)28-3)11(10)7-13(12)16(22)27-2/h6-7,14H,8-9H2,1-5H3. The predicted octanol–water partition coefficient (Wildman–Crippen LogP) is 0.795. The minimum absolute atomic E-state index is 0.124. The lowest BCUT2D eigenvalue weighted by Crippen LogP contribution is -2.48. The summed E-state index contributed by atoms with van der Waals surface area (Å²) in [6, 6.07) is 2.61. The molecule has 1 aliphatic carbocycles. The number of carbonyl (C=O) groups excluding carboxylic acids is 5. The van der Waals surface area contributed by atoms with Crippen molar-refractivity contribution in [2.75, 3.05) is 35.5 Å². The normalized spacial score (nSPS) is 16.5. The van der Waals surface area contributed by atoms with E-state index in [4.69, 9.17) is 23.7 Å². The van der Waals surface area contributed by atoms with E-state index < -0.39 is 41.2 Å². The van der Waals surface area contributed by atoms with Crippen LogP contribution in [-0.4, -0.2) is 65.4 Å². The van der Waals surface area contributed by atoms with Gasteiger partial charge in [0, 0.05) is 0 Å². The second-order valence-electron chi connectivity index (χ2n) is 6.60. The van der Waals surface area contributed by atoms with Crippen molar-refractivity contribution in [2.45, 2.75) is 18.8 Å².